The van der Waals surface area contributed by atoms with Gasteiger partial charge >= 0.3 is 0 Å². The number of sulfonamides is 1. The second kappa shape index (κ2) is 8.49. The minimum Gasteiger partial charge on any atom is -0.497 e. The molecule has 1 N–H and O–H groups in total. The van der Waals surface area contributed by atoms with Crippen LogP contribution in [0.2, 0.25) is 0 Å². The van der Waals surface area contributed by atoms with E-state index in [0.717, 1.165) is 12.8 Å². The molecule has 1 unspecified atom stereocenters. The quantitative estimate of drug-likeness (QED) is 0.608. The fourth-order valence-corrected chi connectivity index (χ4v) is 5.53. The first-order valence-corrected chi connectivity index (χ1v) is 12.0. The van der Waals surface area contributed by atoms with Crippen molar-refractivity contribution in [1.29, 1.82) is 0 Å². The van der Waals surface area contributed by atoms with Gasteiger partial charge in [-0.15, -0.1) is 11.3 Å². The van der Waals surface area contributed by atoms with Gasteiger partial charge in [-0.1, -0.05) is 6.07 Å². The molecule has 0 saturated carbocycles. The van der Waals surface area contributed by atoms with Gasteiger partial charge in [0.25, 0.3) is 15.9 Å². The first-order valence-electron chi connectivity index (χ1n) is 9.59. The highest BCUT2D eigenvalue weighted by Crippen LogP contribution is 2.35. The lowest BCUT2D eigenvalue weighted by atomic mass is 10.1. The molecule has 2 heterocycles. The molecule has 0 aliphatic carbocycles. The lowest BCUT2D eigenvalue weighted by Gasteiger charge is -2.24. The number of amides is 1. The molecule has 1 atom stereocenters. The van der Waals surface area contributed by atoms with Crippen LogP contribution in [0.3, 0.4) is 0 Å². The number of nitrogens with one attached hydrogen (secondary N) is 1. The Bertz CT molecular complexity index is 1110. The fraction of sp³-hybridized carbons (Fsp3) is 0.227. The van der Waals surface area contributed by atoms with Gasteiger partial charge in [0.2, 0.25) is 0 Å². The van der Waals surface area contributed by atoms with Crippen molar-refractivity contribution in [1.82, 2.24) is 4.90 Å². The van der Waals surface area contributed by atoms with E-state index in [9.17, 15) is 13.2 Å². The monoisotopic (exact) mass is 442 g/mol. The number of hydrogen-bond donors (Lipinski definition) is 1. The van der Waals surface area contributed by atoms with Crippen molar-refractivity contribution < 1.29 is 17.9 Å². The van der Waals surface area contributed by atoms with E-state index in [0.29, 0.717) is 23.5 Å². The topological polar surface area (TPSA) is 75.7 Å². The minimum atomic E-state index is -3.75. The minimum absolute atomic E-state index is 0.0713. The van der Waals surface area contributed by atoms with Crippen molar-refractivity contribution in [2.24, 2.45) is 0 Å². The first-order chi connectivity index (χ1) is 14.5. The average molecular weight is 443 g/mol. The molecule has 1 saturated heterocycles. The van der Waals surface area contributed by atoms with Crippen molar-refractivity contribution >= 4 is 33.0 Å². The molecule has 0 radical (unpaired) electrons. The molecule has 1 aliphatic rings. The van der Waals surface area contributed by atoms with Crippen molar-refractivity contribution in [3.05, 3.63) is 76.5 Å². The molecule has 1 aromatic heterocycles. The number of anilines is 1. The Morgan fingerprint density at radius 3 is 2.47 bits per heavy atom. The average Bonchev–Trinajstić information content (AvgIpc) is 3.45. The summed E-state index contributed by atoms with van der Waals surface area (Å²) >= 11 is 1.66. The van der Waals surface area contributed by atoms with Crippen LogP contribution in [0, 0.1) is 0 Å². The van der Waals surface area contributed by atoms with E-state index in [1.165, 1.54) is 17.0 Å². The van der Waals surface area contributed by atoms with Crippen LogP contribution in [-0.2, 0) is 10.0 Å². The number of carbonyl (C=O) groups is 1. The molecular formula is C22H22N2O4S2. The van der Waals surface area contributed by atoms with E-state index in [1.807, 2.05) is 16.3 Å². The van der Waals surface area contributed by atoms with Crippen LogP contribution in [0.5, 0.6) is 5.75 Å². The van der Waals surface area contributed by atoms with Gasteiger partial charge < -0.3 is 9.64 Å². The Kier molecular flexibility index (Phi) is 5.78. The maximum Gasteiger partial charge on any atom is 0.261 e. The normalized spacial score (nSPS) is 16.4. The molecule has 8 heteroatoms. The number of nitrogens with zero attached hydrogens (tertiary/aromatic N) is 1. The van der Waals surface area contributed by atoms with E-state index in [1.54, 1.807) is 54.8 Å². The molecule has 2 aromatic carbocycles. The van der Waals surface area contributed by atoms with Gasteiger partial charge in [-0.05, 0) is 72.8 Å². The van der Waals surface area contributed by atoms with Crippen LogP contribution in [0.15, 0.2) is 70.9 Å². The summed E-state index contributed by atoms with van der Waals surface area (Å²) in [7, 11) is -2.21. The Labute approximate surface area is 180 Å². The molecule has 1 amide bonds. The summed E-state index contributed by atoms with van der Waals surface area (Å²) < 4.78 is 32.9. The van der Waals surface area contributed by atoms with Crippen molar-refractivity contribution in [3.8, 4) is 5.75 Å². The third-order valence-corrected chi connectivity index (χ3v) is 7.51. The summed E-state index contributed by atoms with van der Waals surface area (Å²) in [6.07, 6.45) is 1.91. The first kappa shape index (κ1) is 20.4. The second-order valence-electron chi connectivity index (χ2n) is 7.03. The van der Waals surface area contributed by atoms with Crippen LogP contribution in [0.1, 0.15) is 34.1 Å². The maximum absolute atomic E-state index is 13.0. The van der Waals surface area contributed by atoms with Crippen LogP contribution in [0.4, 0.5) is 5.69 Å². The molecule has 156 valence electrons. The number of thiophene rings is 1. The number of hydrogen-bond acceptors (Lipinski definition) is 5. The SMILES string of the molecule is COc1ccc(NS(=O)(=O)c2ccc(C(=O)N3CCCC3c3cccs3)cc2)cc1. The number of methoxy groups -OCH3 is 1. The molecule has 4 rings (SSSR count). The van der Waals surface area contributed by atoms with Gasteiger partial charge in [-0.2, -0.15) is 0 Å². The zero-order chi connectivity index (χ0) is 21.1. The highest BCUT2D eigenvalue weighted by atomic mass is 32.2. The van der Waals surface area contributed by atoms with Crippen LogP contribution < -0.4 is 9.46 Å². The zero-order valence-electron chi connectivity index (χ0n) is 16.4. The Balaban J connectivity index is 1.49. The van der Waals surface area contributed by atoms with E-state index in [4.69, 9.17) is 4.74 Å². The van der Waals surface area contributed by atoms with Gasteiger partial charge in [-0.3, -0.25) is 9.52 Å². The van der Waals surface area contributed by atoms with Gasteiger partial charge in [0.1, 0.15) is 5.75 Å². The number of ether oxygens (including phenoxy) is 1. The van der Waals surface area contributed by atoms with E-state index in [2.05, 4.69) is 10.8 Å². The molecule has 3 aromatic rings. The fourth-order valence-electron chi connectivity index (χ4n) is 3.60. The number of rotatable bonds is 6. The maximum atomic E-state index is 13.0. The summed E-state index contributed by atoms with van der Waals surface area (Å²) in [5, 5.41) is 2.02. The summed E-state index contributed by atoms with van der Waals surface area (Å²) in [5.41, 5.74) is 0.925. The van der Waals surface area contributed by atoms with E-state index in [-0.39, 0.29) is 16.8 Å². The zero-order valence-corrected chi connectivity index (χ0v) is 18.1. The third kappa shape index (κ3) is 4.20. The molecular weight excluding hydrogens is 420 g/mol. The third-order valence-electron chi connectivity index (χ3n) is 5.14. The Morgan fingerprint density at radius 1 is 1.10 bits per heavy atom. The number of carbonyl (C=O) groups excluding carboxylic acids is 1. The largest absolute Gasteiger partial charge is 0.497 e. The summed E-state index contributed by atoms with van der Waals surface area (Å²) in [6.45, 7) is 0.709. The highest BCUT2D eigenvalue weighted by molar-refractivity contribution is 7.92. The number of likely N-dealkylation sites (tertiary alicyclic amines) is 1. The molecule has 0 spiro atoms. The number of benzene rings is 2. The molecule has 1 aliphatic heterocycles. The molecule has 6 nitrogen and oxygen atoms in total. The van der Waals surface area contributed by atoms with Crippen LogP contribution >= 0.6 is 11.3 Å². The predicted octanol–water partition coefficient (Wildman–Crippen LogP) is 4.53. The second-order valence-corrected chi connectivity index (χ2v) is 9.69. The predicted molar refractivity (Wildman–Crippen MR) is 118 cm³/mol. The van der Waals surface area contributed by atoms with Crippen molar-refractivity contribution in [3.63, 3.8) is 0 Å². The Morgan fingerprint density at radius 2 is 1.83 bits per heavy atom. The van der Waals surface area contributed by atoms with Crippen molar-refractivity contribution in [2.75, 3.05) is 18.4 Å². The van der Waals surface area contributed by atoms with Crippen LogP contribution in [-0.4, -0.2) is 32.9 Å². The Hall–Kier alpha value is -2.84. The molecule has 1 fully saturated rings. The highest BCUT2D eigenvalue weighted by Gasteiger charge is 2.31. The molecule has 30 heavy (non-hydrogen) atoms. The summed E-state index contributed by atoms with van der Waals surface area (Å²) in [5.74, 6) is 0.571. The van der Waals surface area contributed by atoms with Gasteiger partial charge in [0.15, 0.2) is 0 Å². The standard InChI is InChI=1S/C22H22N2O4S2/c1-28-18-10-8-17(9-11-18)23-30(26,27)19-12-6-16(7-13-19)22(25)24-14-2-4-20(24)21-5-3-15-29-21/h3,5-13,15,20,23H,2,4,14H2,1H3. The smallest absolute Gasteiger partial charge is 0.261 e. The van der Waals surface area contributed by atoms with E-state index >= 15 is 0 Å². The van der Waals surface area contributed by atoms with Gasteiger partial charge in [0, 0.05) is 22.7 Å². The van der Waals surface area contributed by atoms with Gasteiger partial charge in [0.05, 0.1) is 18.0 Å². The van der Waals surface area contributed by atoms with E-state index < -0.39 is 10.0 Å². The molecule has 0 bridgehead atoms. The summed E-state index contributed by atoms with van der Waals surface area (Å²) in [4.78, 5) is 16.2. The lowest BCUT2D eigenvalue weighted by Crippen LogP contribution is -2.30. The van der Waals surface area contributed by atoms with Crippen LogP contribution in [0.25, 0.3) is 0 Å². The van der Waals surface area contributed by atoms with Crippen molar-refractivity contribution in [2.45, 2.75) is 23.8 Å². The summed E-state index contributed by atoms with van der Waals surface area (Å²) in [6, 6.07) is 16.9. The lowest BCUT2D eigenvalue weighted by molar-refractivity contribution is 0.0738. The van der Waals surface area contributed by atoms with Gasteiger partial charge in [-0.25, -0.2) is 8.42 Å².